The quantitative estimate of drug-likeness (QED) is 0.237. The normalized spacial score (nSPS) is 15.4. The van der Waals surface area contributed by atoms with Gasteiger partial charge in [-0.25, -0.2) is 0 Å². The molecule has 0 aliphatic carbocycles. The Morgan fingerprint density at radius 1 is 0.709 bits per heavy atom. The van der Waals surface area contributed by atoms with E-state index in [4.69, 9.17) is 43.1 Å². The first kappa shape index (κ1) is 50.3. The molecule has 0 unspecified atom stereocenters. The van der Waals surface area contributed by atoms with Crippen molar-refractivity contribution < 1.29 is 62.2 Å². The number of aliphatic carboxylic acids is 1. The highest BCUT2D eigenvalue weighted by Crippen LogP contribution is 2.42. The van der Waals surface area contributed by atoms with E-state index in [-0.39, 0.29) is 42.4 Å². The molecular weight excluding hydrogens is 740 g/mol. The summed E-state index contributed by atoms with van der Waals surface area (Å²) in [6.07, 6.45) is 8.12. The number of methoxy groups -OCH3 is 7. The van der Waals surface area contributed by atoms with E-state index >= 15 is 0 Å². The molecule has 0 spiro atoms. The summed E-state index contributed by atoms with van der Waals surface area (Å²) in [5, 5.41) is 12.3. The van der Waals surface area contributed by atoms with Gasteiger partial charge in [-0.1, -0.05) is 20.3 Å². The largest absolute Gasteiger partial charge is 0.493 e. The molecule has 0 saturated carbocycles. The van der Waals surface area contributed by atoms with Crippen LogP contribution < -0.4 is 33.7 Å². The number of nitrogens with one attached hydrogen (secondary N) is 1. The number of hydrogen-bond donors (Lipinski definition) is 2. The summed E-state index contributed by atoms with van der Waals surface area (Å²) >= 11 is 0. The van der Waals surface area contributed by atoms with Crippen molar-refractivity contribution in [2.24, 2.45) is 0 Å². The van der Waals surface area contributed by atoms with E-state index in [9.17, 15) is 14.4 Å². The van der Waals surface area contributed by atoms with Crippen LogP contribution in [0.4, 0.5) is 0 Å². The van der Waals surface area contributed by atoms with E-state index in [1.54, 1.807) is 33.5 Å². The molecule has 0 aromatic heterocycles. The van der Waals surface area contributed by atoms with Crippen LogP contribution in [0.15, 0.2) is 24.3 Å². The zero-order valence-corrected chi connectivity index (χ0v) is 34.3. The van der Waals surface area contributed by atoms with Crippen LogP contribution in [0.5, 0.6) is 34.5 Å². The number of halogens is 1. The fourth-order valence-corrected chi connectivity index (χ4v) is 6.24. The van der Waals surface area contributed by atoms with Crippen molar-refractivity contribution >= 4 is 36.4 Å². The molecule has 3 atom stereocenters. The Morgan fingerprint density at radius 3 is 1.44 bits per heavy atom. The van der Waals surface area contributed by atoms with Gasteiger partial charge in [-0.05, 0) is 86.9 Å². The van der Waals surface area contributed by atoms with E-state index in [1.807, 2.05) is 30.9 Å². The molecule has 2 saturated heterocycles. The maximum atomic E-state index is 12.9. The van der Waals surface area contributed by atoms with E-state index in [0.717, 1.165) is 57.3 Å². The first-order chi connectivity index (χ1) is 26.0. The van der Waals surface area contributed by atoms with Gasteiger partial charge < -0.3 is 48.5 Å². The lowest BCUT2D eigenvalue weighted by Crippen LogP contribution is -2.40. The van der Waals surface area contributed by atoms with Gasteiger partial charge in [-0.2, -0.15) is 9.59 Å². The Balaban J connectivity index is 0.000000808. The lowest BCUT2D eigenvalue weighted by Gasteiger charge is -2.30. The number of ether oxygens (including phenoxy) is 7. The van der Waals surface area contributed by atoms with Gasteiger partial charge in [-0.3, -0.25) is 14.4 Å². The van der Waals surface area contributed by atoms with E-state index < -0.39 is 11.9 Å². The van der Waals surface area contributed by atoms with Crippen molar-refractivity contribution in [2.75, 3.05) is 69.4 Å². The number of nitrogens with zero attached hydrogens (tertiary/aromatic N) is 1. The molecule has 15 nitrogen and oxygen atoms in total. The van der Waals surface area contributed by atoms with Crippen LogP contribution in [0.2, 0.25) is 0 Å². The Morgan fingerprint density at radius 2 is 1.13 bits per heavy atom. The topological polar surface area (TPSA) is 185 Å². The van der Waals surface area contributed by atoms with Gasteiger partial charge in [0.1, 0.15) is 6.04 Å². The van der Waals surface area contributed by atoms with Crippen molar-refractivity contribution in [3.8, 4) is 34.5 Å². The predicted octanol–water partition coefficient (Wildman–Crippen LogP) is 5.65. The lowest BCUT2D eigenvalue weighted by molar-refractivity contribution is -0.191. The number of likely N-dealkylation sites (tertiary alicyclic amines) is 1. The summed E-state index contributed by atoms with van der Waals surface area (Å²) in [4.78, 5) is 53.2. The van der Waals surface area contributed by atoms with Crippen molar-refractivity contribution in [1.29, 1.82) is 0 Å². The second-order valence-corrected chi connectivity index (χ2v) is 12.2. The molecule has 55 heavy (non-hydrogen) atoms. The van der Waals surface area contributed by atoms with E-state index in [0.29, 0.717) is 46.5 Å². The number of carboxylic acids is 1. The minimum Gasteiger partial charge on any atom is -0.493 e. The number of benzene rings is 2. The number of esters is 1. The number of carboxylic acid groups (broad SMARTS) is 1. The number of amides is 1. The van der Waals surface area contributed by atoms with Crippen LogP contribution >= 0.6 is 12.4 Å². The summed E-state index contributed by atoms with van der Waals surface area (Å²) in [5.41, 5.74) is 1.55. The summed E-state index contributed by atoms with van der Waals surface area (Å²) in [6.45, 7) is 6.52. The molecule has 2 fully saturated rings. The van der Waals surface area contributed by atoms with Crippen LogP contribution in [0.3, 0.4) is 0 Å². The van der Waals surface area contributed by atoms with Gasteiger partial charge in [0.15, 0.2) is 23.0 Å². The van der Waals surface area contributed by atoms with Gasteiger partial charge in [0.2, 0.25) is 17.4 Å². The maximum Gasteiger partial charge on any atom is 0.373 e. The summed E-state index contributed by atoms with van der Waals surface area (Å²) in [6, 6.07) is 7.07. The molecule has 16 heteroatoms. The first-order valence-corrected chi connectivity index (χ1v) is 17.9. The second kappa shape index (κ2) is 27.8. The standard InChI is InChI=1S/C18H27NO4.C13H18O5.C7H13NO2.CO2.ClH/c1-5-14(18(20)19-9-7-6-8-10-19)13-11-15(21-2)17(23-4)16(12-13)22-3;1-5-9(13(14)15)8-6-10(16-2)12(18-4)11(7-8)17-3;1-10-7(9)6-4-2-3-5-8-6;2-1-3;/h11-12,14H,5-10H2,1-4H3;6-7,9H,5H2,1-4H3,(H,14,15);6,8H,2-5H2,1H3;;1H/t14-;9-;6-;;/m000../s1. The average molecular weight is 799 g/mol. The Hall–Kier alpha value is -4.72. The van der Waals surface area contributed by atoms with E-state index in [1.165, 1.54) is 41.3 Å². The average Bonchev–Trinajstić information content (AvgIpc) is 3.21. The van der Waals surface area contributed by atoms with Gasteiger partial charge in [-0.15, -0.1) is 12.4 Å². The summed E-state index contributed by atoms with van der Waals surface area (Å²) in [7, 11) is 10.7. The Kier molecular flexibility index (Phi) is 25.4. The van der Waals surface area contributed by atoms with Crippen LogP contribution in [0.25, 0.3) is 0 Å². The fourth-order valence-electron chi connectivity index (χ4n) is 6.24. The second-order valence-electron chi connectivity index (χ2n) is 12.2. The van der Waals surface area contributed by atoms with Gasteiger partial charge in [0, 0.05) is 13.1 Å². The van der Waals surface area contributed by atoms with Crippen LogP contribution in [0, 0.1) is 0 Å². The third-order valence-electron chi connectivity index (χ3n) is 9.06. The first-order valence-electron chi connectivity index (χ1n) is 17.9. The molecular formula is C39H59ClN2O13. The molecule has 2 aromatic carbocycles. The van der Waals surface area contributed by atoms with E-state index in [2.05, 4.69) is 10.1 Å². The highest BCUT2D eigenvalue weighted by Gasteiger charge is 2.28. The van der Waals surface area contributed by atoms with Crippen LogP contribution in [-0.4, -0.2) is 109 Å². The third-order valence-corrected chi connectivity index (χ3v) is 9.06. The van der Waals surface area contributed by atoms with Gasteiger partial charge >= 0.3 is 18.1 Å². The van der Waals surface area contributed by atoms with Crippen molar-refractivity contribution in [3.05, 3.63) is 35.4 Å². The minimum atomic E-state index is -0.869. The zero-order valence-electron chi connectivity index (χ0n) is 33.5. The van der Waals surface area contributed by atoms with Crippen LogP contribution in [-0.2, 0) is 28.7 Å². The summed E-state index contributed by atoms with van der Waals surface area (Å²) < 4.78 is 36.3. The Bertz CT molecular complexity index is 1440. The molecule has 1 amide bonds. The SMILES string of the molecule is CC[C@H](C(=O)N1CCCCC1)c1cc(OC)c(OC)c(OC)c1.CC[C@H](C(=O)O)c1cc(OC)c(OC)c(OC)c1.COC(=O)[C@@H]1CCCCN1.Cl.O=C=O. The van der Waals surface area contributed by atoms with Crippen molar-refractivity contribution in [3.63, 3.8) is 0 Å². The molecule has 2 heterocycles. The molecule has 2 aliphatic rings. The molecule has 310 valence electrons. The minimum absolute atomic E-state index is 0. The zero-order chi connectivity index (χ0) is 40.6. The molecule has 2 N–H and O–H groups in total. The molecule has 2 aliphatic heterocycles. The van der Waals surface area contributed by atoms with Gasteiger partial charge in [0.25, 0.3) is 0 Å². The Labute approximate surface area is 330 Å². The molecule has 0 radical (unpaired) electrons. The molecule has 2 aromatic rings. The van der Waals surface area contributed by atoms with Crippen LogP contribution in [0.1, 0.15) is 88.2 Å². The van der Waals surface area contributed by atoms with Crippen molar-refractivity contribution in [1.82, 2.24) is 10.2 Å². The van der Waals surface area contributed by atoms with Gasteiger partial charge in [0.05, 0.1) is 61.6 Å². The predicted molar refractivity (Wildman–Crippen MR) is 206 cm³/mol. The molecule has 4 rings (SSSR count). The third kappa shape index (κ3) is 15.1. The van der Waals surface area contributed by atoms with Crippen molar-refractivity contribution in [2.45, 2.75) is 83.1 Å². The fraction of sp³-hybridized carbons (Fsp3) is 0.590. The smallest absolute Gasteiger partial charge is 0.373 e. The highest BCUT2D eigenvalue weighted by molar-refractivity contribution is 5.85. The number of carbonyl (C=O) groups excluding carboxylic acids is 4. The molecule has 0 bridgehead atoms. The lowest BCUT2D eigenvalue weighted by atomic mass is 9.93. The monoisotopic (exact) mass is 798 g/mol. The number of piperidine rings is 2. The number of carbonyl (C=O) groups is 3. The number of hydrogen-bond acceptors (Lipinski definition) is 13. The highest BCUT2D eigenvalue weighted by atomic mass is 35.5. The number of rotatable bonds is 13. The maximum absolute atomic E-state index is 12.9. The summed E-state index contributed by atoms with van der Waals surface area (Å²) in [5.74, 6) is 1.56.